The molecule has 1 saturated carbocycles. The third-order valence-electron chi connectivity index (χ3n) is 2.62. The average Bonchev–Trinajstić information content (AvgIpc) is 2.43. The maximum atomic E-state index is 5.60. The summed E-state index contributed by atoms with van der Waals surface area (Å²) in [5.74, 6) is 1.18. The van der Waals surface area contributed by atoms with Crippen LogP contribution >= 0.6 is 11.6 Å². The monoisotopic (exact) mass is 200 g/mol. The molecule has 1 aliphatic carbocycles. The van der Waals surface area contributed by atoms with Crippen LogP contribution in [-0.2, 0) is 0 Å². The largest absolute Gasteiger partial charge is 0.338 e. The van der Waals surface area contributed by atoms with Gasteiger partial charge in [0, 0.05) is 5.92 Å². The van der Waals surface area contributed by atoms with Crippen molar-refractivity contribution in [3.63, 3.8) is 0 Å². The highest BCUT2D eigenvalue weighted by Crippen LogP contribution is 2.30. The topological polar surface area (TPSA) is 38.9 Å². The van der Waals surface area contributed by atoms with E-state index in [-0.39, 0.29) is 5.28 Å². The summed E-state index contributed by atoms with van der Waals surface area (Å²) in [6.07, 6.45) is 7.53. The van der Waals surface area contributed by atoms with E-state index in [4.69, 9.17) is 16.1 Å². The van der Waals surface area contributed by atoms with Gasteiger partial charge < -0.3 is 4.52 Å². The molecule has 0 aliphatic heterocycles. The lowest BCUT2D eigenvalue weighted by atomic mass is 10.0. The predicted octanol–water partition coefficient (Wildman–Crippen LogP) is 3.16. The zero-order valence-corrected chi connectivity index (χ0v) is 8.26. The zero-order chi connectivity index (χ0) is 9.10. The fraction of sp³-hybridized carbons (Fsp3) is 0.778. The first-order valence-electron chi connectivity index (χ1n) is 4.85. The maximum Gasteiger partial charge on any atom is 0.263 e. The second-order valence-corrected chi connectivity index (χ2v) is 3.93. The number of hydrogen-bond acceptors (Lipinski definition) is 3. The Hall–Kier alpha value is -0.570. The molecule has 0 spiro atoms. The maximum absolute atomic E-state index is 5.60. The molecule has 2 rings (SSSR count). The summed E-state index contributed by atoms with van der Waals surface area (Å²) in [6, 6.07) is 0. The summed E-state index contributed by atoms with van der Waals surface area (Å²) >= 11 is 5.60. The Balaban J connectivity index is 2.06. The molecule has 1 fully saturated rings. The van der Waals surface area contributed by atoms with E-state index in [1.165, 1.54) is 38.5 Å². The van der Waals surface area contributed by atoms with Gasteiger partial charge in [0.15, 0.2) is 0 Å². The molecular formula is C9H13ClN2O. The molecule has 13 heavy (non-hydrogen) atoms. The third-order valence-corrected chi connectivity index (χ3v) is 2.77. The summed E-state index contributed by atoms with van der Waals surface area (Å²) in [6.45, 7) is 0. The lowest BCUT2D eigenvalue weighted by Gasteiger charge is -2.06. The second kappa shape index (κ2) is 4.09. The van der Waals surface area contributed by atoms with Gasteiger partial charge in [-0.25, -0.2) is 0 Å². The highest BCUT2D eigenvalue weighted by Gasteiger charge is 2.19. The Labute approximate surface area is 82.5 Å². The molecule has 1 aromatic heterocycles. The third kappa shape index (κ3) is 2.21. The van der Waals surface area contributed by atoms with Gasteiger partial charge in [-0.3, -0.25) is 0 Å². The highest BCUT2D eigenvalue weighted by molar-refractivity contribution is 6.28. The number of halogens is 1. The van der Waals surface area contributed by atoms with Gasteiger partial charge in [-0.05, 0) is 29.6 Å². The van der Waals surface area contributed by atoms with Crippen LogP contribution in [0.4, 0.5) is 0 Å². The molecule has 1 aromatic rings. The minimum atomic E-state index is 0.235. The van der Waals surface area contributed by atoms with Crippen LogP contribution in [0.15, 0.2) is 4.52 Å². The van der Waals surface area contributed by atoms with Gasteiger partial charge in [0.2, 0.25) is 5.89 Å². The molecule has 0 atom stereocenters. The molecule has 1 aliphatic rings. The summed E-state index contributed by atoms with van der Waals surface area (Å²) in [4.78, 5) is 4.06. The van der Waals surface area contributed by atoms with Crippen LogP contribution in [0.1, 0.15) is 50.3 Å². The van der Waals surface area contributed by atoms with Crippen molar-refractivity contribution in [1.29, 1.82) is 0 Å². The van der Waals surface area contributed by atoms with Crippen molar-refractivity contribution in [2.75, 3.05) is 0 Å². The van der Waals surface area contributed by atoms with Gasteiger partial charge in [-0.1, -0.05) is 25.7 Å². The van der Waals surface area contributed by atoms with E-state index in [0.29, 0.717) is 5.92 Å². The van der Waals surface area contributed by atoms with Crippen molar-refractivity contribution in [2.45, 2.75) is 44.4 Å². The molecule has 72 valence electrons. The fourth-order valence-electron chi connectivity index (χ4n) is 1.91. The Morgan fingerprint density at radius 2 is 1.85 bits per heavy atom. The quantitative estimate of drug-likeness (QED) is 0.654. The molecule has 0 saturated heterocycles. The minimum absolute atomic E-state index is 0.235. The first kappa shape index (κ1) is 9.00. The minimum Gasteiger partial charge on any atom is -0.338 e. The van der Waals surface area contributed by atoms with Crippen LogP contribution in [0.5, 0.6) is 0 Å². The molecule has 3 nitrogen and oxygen atoms in total. The molecule has 0 bridgehead atoms. The van der Waals surface area contributed by atoms with Crippen molar-refractivity contribution in [3.8, 4) is 0 Å². The second-order valence-electron chi connectivity index (χ2n) is 3.59. The zero-order valence-electron chi connectivity index (χ0n) is 7.50. The van der Waals surface area contributed by atoms with E-state index < -0.39 is 0 Å². The molecule has 0 radical (unpaired) electrons. The van der Waals surface area contributed by atoms with E-state index in [1.807, 2.05) is 0 Å². The van der Waals surface area contributed by atoms with Crippen molar-refractivity contribution in [3.05, 3.63) is 11.2 Å². The number of aromatic nitrogens is 2. The van der Waals surface area contributed by atoms with Crippen molar-refractivity contribution >= 4 is 11.6 Å². The van der Waals surface area contributed by atoms with Crippen LogP contribution < -0.4 is 0 Å². The lowest BCUT2D eigenvalue weighted by molar-refractivity contribution is 0.340. The van der Waals surface area contributed by atoms with Gasteiger partial charge >= 0.3 is 0 Å². The van der Waals surface area contributed by atoms with E-state index in [9.17, 15) is 0 Å². The molecule has 0 N–H and O–H groups in total. The Morgan fingerprint density at radius 3 is 2.38 bits per heavy atom. The summed E-state index contributed by atoms with van der Waals surface area (Å²) < 4.78 is 5.07. The van der Waals surface area contributed by atoms with E-state index in [2.05, 4.69) is 10.1 Å². The van der Waals surface area contributed by atoms with Crippen LogP contribution in [0, 0.1) is 0 Å². The van der Waals surface area contributed by atoms with Gasteiger partial charge in [0.05, 0.1) is 0 Å². The van der Waals surface area contributed by atoms with Crippen molar-refractivity contribution in [1.82, 2.24) is 10.1 Å². The van der Waals surface area contributed by atoms with Crippen LogP contribution in [0.3, 0.4) is 0 Å². The van der Waals surface area contributed by atoms with E-state index in [0.717, 1.165) is 5.89 Å². The number of nitrogens with zero attached hydrogens (tertiary/aromatic N) is 2. The molecule has 0 aromatic carbocycles. The summed E-state index contributed by atoms with van der Waals surface area (Å²) in [5, 5.41) is 3.84. The fourth-order valence-corrected chi connectivity index (χ4v) is 2.03. The summed E-state index contributed by atoms with van der Waals surface area (Å²) in [5.41, 5.74) is 0. The highest BCUT2D eigenvalue weighted by atomic mass is 35.5. The first-order chi connectivity index (χ1) is 6.36. The van der Waals surface area contributed by atoms with Crippen molar-refractivity contribution in [2.24, 2.45) is 0 Å². The predicted molar refractivity (Wildman–Crippen MR) is 49.8 cm³/mol. The number of hydrogen-bond donors (Lipinski definition) is 0. The van der Waals surface area contributed by atoms with Crippen LogP contribution in [0.25, 0.3) is 0 Å². The average molecular weight is 201 g/mol. The lowest BCUT2D eigenvalue weighted by Crippen LogP contribution is -1.96. The van der Waals surface area contributed by atoms with E-state index >= 15 is 0 Å². The molecule has 4 heteroatoms. The summed E-state index contributed by atoms with van der Waals surface area (Å²) in [7, 11) is 0. The molecular weight excluding hydrogens is 188 g/mol. The van der Waals surface area contributed by atoms with Gasteiger partial charge in [0.25, 0.3) is 5.28 Å². The number of rotatable bonds is 1. The van der Waals surface area contributed by atoms with Gasteiger partial charge in [0.1, 0.15) is 0 Å². The standard InChI is InChI=1S/C9H13ClN2O/c10-9-11-8(13-12-9)7-5-3-1-2-4-6-7/h7H,1-6H2. The van der Waals surface area contributed by atoms with Gasteiger partial charge in [-0.2, -0.15) is 4.98 Å². The SMILES string of the molecule is Clc1noc(C2CCCCCC2)n1. The molecule has 0 amide bonds. The molecule has 1 heterocycles. The van der Waals surface area contributed by atoms with Crippen LogP contribution in [0.2, 0.25) is 5.28 Å². The first-order valence-corrected chi connectivity index (χ1v) is 5.23. The smallest absolute Gasteiger partial charge is 0.263 e. The Morgan fingerprint density at radius 1 is 1.15 bits per heavy atom. The Bertz CT molecular complexity index is 266. The van der Waals surface area contributed by atoms with Crippen molar-refractivity contribution < 1.29 is 4.52 Å². The van der Waals surface area contributed by atoms with Gasteiger partial charge in [-0.15, -0.1) is 0 Å². The van der Waals surface area contributed by atoms with Crippen LogP contribution in [-0.4, -0.2) is 10.1 Å². The van der Waals surface area contributed by atoms with E-state index in [1.54, 1.807) is 0 Å². The molecule has 0 unspecified atom stereocenters. The Kier molecular flexibility index (Phi) is 2.83. The normalized spacial score (nSPS) is 20.1.